The summed E-state index contributed by atoms with van der Waals surface area (Å²) in [6.07, 6.45) is 0. The van der Waals surface area contributed by atoms with Gasteiger partial charge in [-0.05, 0) is 32.0 Å². The fourth-order valence-corrected chi connectivity index (χ4v) is 3.56. The van der Waals surface area contributed by atoms with E-state index in [4.69, 9.17) is 10.00 Å². The number of fused-ring (bicyclic) bond motifs is 1. The number of hydrogen-bond donors (Lipinski definition) is 1. The summed E-state index contributed by atoms with van der Waals surface area (Å²) in [4.78, 5) is 17.5. The molecule has 2 aromatic heterocycles. The molecule has 4 rings (SSSR count). The number of aryl methyl sites for hydroxylation is 1. The summed E-state index contributed by atoms with van der Waals surface area (Å²) in [5, 5.41) is 17.0. The van der Waals surface area contributed by atoms with Crippen molar-refractivity contribution in [2.75, 3.05) is 12.4 Å². The number of nitriles is 1. The molecule has 1 amide bonds. The van der Waals surface area contributed by atoms with Crippen LogP contribution in [0.2, 0.25) is 0 Å². The number of carbonyl (C=O) groups excluding carboxylic acids is 1. The molecule has 0 aliphatic carbocycles. The molecule has 0 spiro atoms. The monoisotopic (exact) mass is 429 g/mol. The first kappa shape index (κ1) is 21.0. The minimum Gasteiger partial charge on any atom is -0.481 e. The number of halogens is 1. The van der Waals surface area contributed by atoms with Gasteiger partial charge in [0.2, 0.25) is 5.88 Å². The lowest BCUT2D eigenvalue weighted by atomic mass is 10.1. The molecule has 0 radical (unpaired) electrons. The van der Waals surface area contributed by atoms with Crippen molar-refractivity contribution in [1.29, 1.82) is 5.26 Å². The SMILES string of the molecule is COc1cc(C(=O)Nc2c(C)nn(Cc3ccc(C#N)cc3F)c2C)c2ccccc2n1. The van der Waals surface area contributed by atoms with E-state index in [1.807, 2.05) is 37.3 Å². The second-order valence-electron chi connectivity index (χ2n) is 7.30. The Labute approximate surface area is 184 Å². The third-order valence-corrected chi connectivity index (χ3v) is 5.27. The number of nitrogens with one attached hydrogen (secondary N) is 1. The van der Waals surface area contributed by atoms with Crippen LogP contribution < -0.4 is 10.1 Å². The maximum atomic E-state index is 14.3. The summed E-state index contributed by atoms with van der Waals surface area (Å²) in [5.41, 5.74) is 3.59. The Bertz CT molecular complexity index is 1390. The van der Waals surface area contributed by atoms with E-state index in [2.05, 4.69) is 15.4 Å². The van der Waals surface area contributed by atoms with Crippen LogP contribution in [0.15, 0.2) is 48.5 Å². The van der Waals surface area contributed by atoms with Crippen LogP contribution in [0, 0.1) is 31.0 Å². The zero-order valence-corrected chi connectivity index (χ0v) is 17.8. The lowest BCUT2D eigenvalue weighted by Gasteiger charge is -2.11. The van der Waals surface area contributed by atoms with Crippen LogP contribution in [0.1, 0.15) is 32.9 Å². The highest BCUT2D eigenvalue weighted by atomic mass is 19.1. The van der Waals surface area contributed by atoms with Gasteiger partial charge in [0.1, 0.15) is 5.82 Å². The number of ether oxygens (including phenoxy) is 1. The van der Waals surface area contributed by atoms with Crippen molar-refractivity contribution in [3.63, 3.8) is 0 Å². The molecule has 0 unspecified atom stereocenters. The summed E-state index contributed by atoms with van der Waals surface area (Å²) in [6, 6.07) is 15.2. The summed E-state index contributed by atoms with van der Waals surface area (Å²) in [6.45, 7) is 3.76. The molecule has 2 aromatic carbocycles. The van der Waals surface area contributed by atoms with E-state index in [0.717, 1.165) is 0 Å². The Morgan fingerprint density at radius 1 is 1.22 bits per heavy atom. The molecule has 0 fully saturated rings. The van der Waals surface area contributed by atoms with Gasteiger partial charge in [-0.15, -0.1) is 0 Å². The maximum Gasteiger partial charge on any atom is 0.256 e. The largest absolute Gasteiger partial charge is 0.481 e. The lowest BCUT2D eigenvalue weighted by molar-refractivity contribution is 0.102. The van der Waals surface area contributed by atoms with E-state index in [1.54, 1.807) is 29.8 Å². The van der Waals surface area contributed by atoms with Gasteiger partial charge in [-0.25, -0.2) is 9.37 Å². The zero-order chi connectivity index (χ0) is 22.8. The normalized spacial score (nSPS) is 10.7. The Hall–Kier alpha value is -4.25. The standard InChI is InChI=1S/C24H20FN5O2/c1-14-23(15(2)30(29-14)13-17-9-8-16(12-26)10-20(17)25)28-24(31)19-11-22(32-3)27-21-7-5-4-6-18(19)21/h4-11H,13H2,1-3H3,(H,28,31). The molecule has 160 valence electrons. The quantitative estimate of drug-likeness (QED) is 0.509. The van der Waals surface area contributed by atoms with Gasteiger partial charge in [-0.3, -0.25) is 9.48 Å². The van der Waals surface area contributed by atoms with Crippen molar-refractivity contribution < 1.29 is 13.9 Å². The number of methoxy groups -OCH3 is 1. The minimum absolute atomic E-state index is 0.173. The number of anilines is 1. The molecular weight excluding hydrogens is 409 g/mol. The summed E-state index contributed by atoms with van der Waals surface area (Å²) in [7, 11) is 1.50. The molecule has 4 aromatic rings. The summed E-state index contributed by atoms with van der Waals surface area (Å²) < 4.78 is 21.2. The molecule has 0 aliphatic rings. The predicted octanol–water partition coefficient (Wildman–Crippen LogP) is 4.37. The number of aromatic nitrogens is 3. The Kier molecular flexibility index (Phi) is 5.56. The van der Waals surface area contributed by atoms with Crippen molar-refractivity contribution >= 4 is 22.5 Å². The maximum absolute atomic E-state index is 14.3. The van der Waals surface area contributed by atoms with Gasteiger partial charge in [-0.1, -0.05) is 24.3 Å². The summed E-state index contributed by atoms with van der Waals surface area (Å²) >= 11 is 0. The number of nitrogens with zero attached hydrogens (tertiary/aromatic N) is 4. The minimum atomic E-state index is -0.475. The van der Waals surface area contributed by atoms with E-state index in [-0.39, 0.29) is 18.0 Å². The van der Waals surface area contributed by atoms with Crippen molar-refractivity contribution in [2.24, 2.45) is 0 Å². The van der Waals surface area contributed by atoms with E-state index in [1.165, 1.54) is 13.2 Å². The van der Waals surface area contributed by atoms with Crippen LogP contribution in [0.5, 0.6) is 5.88 Å². The molecular formula is C24H20FN5O2. The molecule has 32 heavy (non-hydrogen) atoms. The number of rotatable bonds is 5. The number of benzene rings is 2. The molecule has 0 aliphatic heterocycles. The molecule has 2 heterocycles. The molecule has 0 atom stereocenters. The van der Waals surface area contributed by atoms with Crippen LogP contribution >= 0.6 is 0 Å². The van der Waals surface area contributed by atoms with Crippen LogP contribution in [0.25, 0.3) is 10.9 Å². The first-order valence-corrected chi connectivity index (χ1v) is 9.89. The highest BCUT2D eigenvalue weighted by Crippen LogP contribution is 2.26. The topological polar surface area (TPSA) is 92.8 Å². The van der Waals surface area contributed by atoms with Gasteiger partial charge in [0.05, 0.1) is 53.4 Å². The first-order valence-electron chi connectivity index (χ1n) is 9.89. The molecule has 0 saturated heterocycles. The van der Waals surface area contributed by atoms with Crippen molar-refractivity contribution in [1.82, 2.24) is 14.8 Å². The van der Waals surface area contributed by atoms with Crippen molar-refractivity contribution in [3.8, 4) is 11.9 Å². The highest BCUT2D eigenvalue weighted by Gasteiger charge is 2.19. The number of carbonyl (C=O) groups is 1. The number of para-hydroxylation sites is 1. The Balaban J connectivity index is 1.65. The van der Waals surface area contributed by atoms with Crippen LogP contribution in [-0.2, 0) is 6.54 Å². The third-order valence-electron chi connectivity index (χ3n) is 5.27. The van der Waals surface area contributed by atoms with Gasteiger partial charge in [-0.2, -0.15) is 10.4 Å². The molecule has 0 saturated carbocycles. The summed E-state index contributed by atoms with van der Waals surface area (Å²) in [5.74, 6) is -0.455. The lowest BCUT2D eigenvalue weighted by Crippen LogP contribution is -2.14. The van der Waals surface area contributed by atoms with E-state index in [9.17, 15) is 9.18 Å². The number of amides is 1. The van der Waals surface area contributed by atoms with Gasteiger partial charge in [0, 0.05) is 17.0 Å². The first-order chi connectivity index (χ1) is 15.4. The Morgan fingerprint density at radius 2 is 2.00 bits per heavy atom. The number of pyridine rings is 1. The third kappa shape index (κ3) is 3.88. The smallest absolute Gasteiger partial charge is 0.256 e. The van der Waals surface area contributed by atoms with Gasteiger partial charge in [0.25, 0.3) is 5.91 Å². The molecule has 8 heteroatoms. The van der Waals surface area contributed by atoms with Crippen LogP contribution in [-0.4, -0.2) is 27.8 Å². The fourth-order valence-electron chi connectivity index (χ4n) is 3.56. The van der Waals surface area contributed by atoms with E-state index < -0.39 is 5.82 Å². The number of hydrogen-bond acceptors (Lipinski definition) is 5. The second-order valence-corrected chi connectivity index (χ2v) is 7.30. The van der Waals surface area contributed by atoms with Crippen molar-refractivity contribution in [3.05, 3.63) is 82.4 Å². The fraction of sp³-hybridized carbons (Fsp3) is 0.167. The average molecular weight is 429 g/mol. The van der Waals surface area contributed by atoms with Gasteiger partial charge in [0.15, 0.2) is 0 Å². The molecule has 0 bridgehead atoms. The van der Waals surface area contributed by atoms with E-state index in [0.29, 0.717) is 45.0 Å². The van der Waals surface area contributed by atoms with E-state index >= 15 is 0 Å². The average Bonchev–Trinajstić information content (AvgIpc) is 3.06. The second kappa shape index (κ2) is 8.47. The molecule has 1 N–H and O–H groups in total. The van der Waals surface area contributed by atoms with Crippen LogP contribution in [0.4, 0.5) is 10.1 Å². The Morgan fingerprint density at radius 3 is 2.72 bits per heavy atom. The van der Waals surface area contributed by atoms with Gasteiger partial charge >= 0.3 is 0 Å². The predicted molar refractivity (Wildman–Crippen MR) is 118 cm³/mol. The zero-order valence-electron chi connectivity index (χ0n) is 17.8. The van der Waals surface area contributed by atoms with Crippen molar-refractivity contribution in [2.45, 2.75) is 20.4 Å². The highest BCUT2D eigenvalue weighted by molar-refractivity contribution is 6.13. The van der Waals surface area contributed by atoms with Gasteiger partial charge < -0.3 is 10.1 Å². The molecule has 7 nitrogen and oxygen atoms in total. The van der Waals surface area contributed by atoms with Crippen LogP contribution in [0.3, 0.4) is 0 Å².